The fourth-order valence-electron chi connectivity index (χ4n) is 3.82. The smallest absolute Gasteiger partial charge is 0.280 e. The highest BCUT2D eigenvalue weighted by molar-refractivity contribution is 7.20. The molecule has 2 aromatic heterocycles. The molecular weight excluding hydrogens is 416 g/mol. The van der Waals surface area contributed by atoms with E-state index >= 15 is 0 Å². The van der Waals surface area contributed by atoms with E-state index in [1.54, 1.807) is 0 Å². The predicted octanol–water partition coefficient (Wildman–Crippen LogP) is 4.38. The maximum Gasteiger partial charge on any atom is 0.280 e. The highest BCUT2D eigenvalue weighted by Crippen LogP contribution is 2.25. The van der Waals surface area contributed by atoms with Crippen LogP contribution in [0.1, 0.15) is 45.3 Å². The van der Waals surface area contributed by atoms with Crippen molar-refractivity contribution < 1.29 is 9.59 Å². The molecule has 0 bridgehead atoms. The molecule has 1 saturated carbocycles. The fraction of sp³-hybridized carbons (Fsp3) is 0.273. The molecule has 5 rings (SSSR count). The molecule has 0 radical (unpaired) electrons. The number of fused-ring (bicyclic) bond motifs is 2. The Morgan fingerprint density at radius 3 is 1.50 bits per heavy atom. The third-order valence-corrected chi connectivity index (χ3v) is 7.44. The number of benzene rings is 2. The second-order valence-corrected chi connectivity index (χ2v) is 9.53. The molecule has 1 fully saturated rings. The van der Waals surface area contributed by atoms with E-state index in [2.05, 4.69) is 20.6 Å². The van der Waals surface area contributed by atoms with Gasteiger partial charge in [0, 0.05) is 12.1 Å². The van der Waals surface area contributed by atoms with Crippen LogP contribution in [0, 0.1) is 0 Å². The molecule has 8 heteroatoms. The Hall–Kier alpha value is -2.84. The molecule has 30 heavy (non-hydrogen) atoms. The minimum atomic E-state index is -0.113. The average Bonchev–Trinajstić information content (AvgIpc) is 3.39. The van der Waals surface area contributed by atoms with Crippen molar-refractivity contribution in [1.29, 1.82) is 0 Å². The summed E-state index contributed by atoms with van der Waals surface area (Å²) in [7, 11) is 0. The van der Waals surface area contributed by atoms with Crippen LogP contribution in [0.2, 0.25) is 0 Å². The molecule has 2 N–H and O–H groups in total. The minimum Gasteiger partial charge on any atom is -0.347 e. The second-order valence-electron chi connectivity index (χ2n) is 7.47. The lowest BCUT2D eigenvalue weighted by atomic mass is 9.91. The van der Waals surface area contributed by atoms with Crippen molar-refractivity contribution in [2.45, 2.75) is 37.8 Å². The summed E-state index contributed by atoms with van der Waals surface area (Å²) < 4.78 is 2.04. The molecule has 152 valence electrons. The Bertz CT molecular complexity index is 1060. The lowest BCUT2D eigenvalue weighted by molar-refractivity contribution is 0.0892. The first-order chi connectivity index (χ1) is 14.7. The van der Waals surface area contributed by atoms with Crippen molar-refractivity contribution in [3.05, 3.63) is 58.5 Å². The van der Waals surface area contributed by atoms with Crippen LogP contribution in [0.3, 0.4) is 0 Å². The zero-order valence-corrected chi connectivity index (χ0v) is 17.8. The van der Waals surface area contributed by atoms with Gasteiger partial charge in [-0.3, -0.25) is 9.59 Å². The number of hydrogen-bond acceptors (Lipinski definition) is 6. The van der Waals surface area contributed by atoms with Crippen LogP contribution in [-0.4, -0.2) is 33.9 Å². The number of rotatable bonds is 4. The first-order valence-electron chi connectivity index (χ1n) is 9.98. The first-order valence-corrected chi connectivity index (χ1v) is 11.6. The van der Waals surface area contributed by atoms with Crippen molar-refractivity contribution in [3.8, 4) is 0 Å². The number of amides is 2. The molecule has 0 saturated heterocycles. The number of nitrogens with one attached hydrogen (secondary N) is 2. The van der Waals surface area contributed by atoms with E-state index in [0.717, 1.165) is 46.1 Å². The molecule has 4 aromatic rings. The number of para-hydroxylation sites is 2. The molecule has 2 heterocycles. The van der Waals surface area contributed by atoms with Gasteiger partial charge in [0.05, 0.1) is 20.4 Å². The maximum absolute atomic E-state index is 12.6. The largest absolute Gasteiger partial charge is 0.347 e. The van der Waals surface area contributed by atoms with Gasteiger partial charge >= 0.3 is 0 Å². The molecule has 0 spiro atoms. The Morgan fingerprint density at radius 2 is 1.10 bits per heavy atom. The van der Waals surface area contributed by atoms with E-state index in [4.69, 9.17) is 0 Å². The predicted molar refractivity (Wildman–Crippen MR) is 120 cm³/mol. The van der Waals surface area contributed by atoms with Crippen LogP contribution < -0.4 is 10.6 Å². The molecule has 0 unspecified atom stereocenters. The quantitative estimate of drug-likeness (QED) is 0.497. The van der Waals surface area contributed by atoms with Crippen LogP contribution >= 0.6 is 22.7 Å². The first kappa shape index (κ1) is 19.1. The number of carbonyl (C=O) groups excluding carboxylic acids is 2. The summed E-state index contributed by atoms with van der Waals surface area (Å²) >= 11 is 2.83. The van der Waals surface area contributed by atoms with Gasteiger partial charge in [-0.15, -0.1) is 22.7 Å². The van der Waals surface area contributed by atoms with E-state index in [-0.39, 0.29) is 23.9 Å². The number of carbonyl (C=O) groups is 2. The number of nitrogens with zero attached hydrogens (tertiary/aromatic N) is 2. The summed E-state index contributed by atoms with van der Waals surface area (Å²) in [6.45, 7) is 0. The maximum atomic E-state index is 12.6. The van der Waals surface area contributed by atoms with Crippen molar-refractivity contribution in [1.82, 2.24) is 20.6 Å². The summed E-state index contributed by atoms with van der Waals surface area (Å²) in [5.74, 6) is -0.226. The van der Waals surface area contributed by atoms with Crippen LogP contribution in [0.4, 0.5) is 0 Å². The Kier molecular flexibility index (Phi) is 5.18. The number of aromatic nitrogens is 2. The fourth-order valence-corrected chi connectivity index (χ4v) is 5.55. The molecule has 1 aliphatic rings. The summed E-state index contributed by atoms with van der Waals surface area (Å²) in [6.07, 6.45) is 3.34. The second kappa shape index (κ2) is 8.12. The van der Waals surface area contributed by atoms with Gasteiger partial charge in [0.2, 0.25) is 0 Å². The third-order valence-electron chi connectivity index (χ3n) is 5.37. The van der Waals surface area contributed by atoms with Gasteiger partial charge in [0.15, 0.2) is 10.0 Å². The highest BCUT2D eigenvalue weighted by atomic mass is 32.1. The summed E-state index contributed by atoms with van der Waals surface area (Å²) in [4.78, 5) is 34.0. The van der Waals surface area contributed by atoms with Crippen molar-refractivity contribution in [2.24, 2.45) is 0 Å². The van der Waals surface area contributed by atoms with Gasteiger partial charge in [-0.1, -0.05) is 24.3 Å². The average molecular weight is 437 g/mol. The Balaban J connectivity index is 1.15. The topological polar surface area (TPSA) is 84.0 Å². The van der Waals surface area contributed by atoms with Gasteiger partial charge < -0.3 is 10.6 Å². The molecule has 0 aliphatic heterocycles. The van der Waals surface area contributed by atoms with Crippen LogP contribution in [0.15, 0.2) is 48.5 Å². The van der Waals surface area contributed by atoms with Gasteiger partial charge in [-0.05, 0) is 49.9 Å². The minimum absolute atomic E-state index is 0.111. The highest BCUT2D eigenvalue weighted by Gasteiger charge is 2.26. The van der Waals surface area contributed by atoms with Gasteiger partial charge in [0.25, 0.3) is 11.8 Å². The molecule has 2 aromatic carbocycles. The van der Waals surface area contributed by atoms with Gasteiger partial charge in [-0.25, -0.2) is 9.97 Å². The van der Waals surface area contributed by atoms with Crippen molar-refractivity contribution in [2.75, 3.05) is 0 Å². The lowest BCUT2D eigenvalue weighted by Gasteiger charge is -2.29. The Morgan fingerprint density at radius 1 is 0.700 bits per heavy atom. The summed E-state index contributed by atoms with van der Waals surface area (Å²) in [5, 5.41) is 7.22. The SMILES string of the molecule is O=C(NC1CCC(NC(=O)c2nc3ccccc3s2)CC1)c1nc2ccccc2s1. The van der Waals surface area contributed by atoms with Crippen LogP contribution in [-0.2, 0) is 0 Å². The van der Waals surface area contributed by atoms with Crippen LogP contribution in [0.25, 0.3) is 20.4 Å². The zero-order valence-electron chi connectivity index (χ0n) is 16.1. The standard InChI is InChI=1S/C22H20N4O2S2/c27-19(21-25-15-5-1-3-7-17(15)29-21)23-13-9-11-14(12-10-13)24-20(28)22-26-16-6-2-4-8-18(16)30-22/h1-8,13-14H,9-12H2,(H,23,27)(H,24,28). The lowest BCUT2D eigenvalue weighted by Crippen LogP contribution is -2.43. The molecule has 2 amide bonds. The zero-order chi connectivity index (χ0) is 20.5. The van der Waals surface area contributed by atoms with Crippen LogP contribution in [0.5, 0.6) is 0 Å². The molecule has 6 nitrogen and oxygen atoms in total. The van der Waals surface area contributed by atoms with Gasteiger partial charge in [0.1, 0.15) is 0 Å². The molecular formula is C22H20N4O2S2. The van der Waals surface area contributed by atoms with E-state index in [1.165, 1.54) is 22.7 Å². The van der Waals surface area contributed by atoms with E-state index in [0.29, 0.717) is 10.0 Å². The van der Waals surface area contributed by atoms with E-state index in [1.807, 2.05) is 48.5 Å². The third kappa shape index (κ3) is 3.93. The monoisotopic (exact) mass is 436 g/mol. The molecule has 1 aliphatic carbocycles. The van der Waals surface area contributed by atoms with Gasteiger partial charge in [-0.2, -0.15) is 0 Å². The van der Waals surface area contributed by atoms with E-state index in [9.17, 15) is 9.59 Å². The van der Waals surface area contributed by atoms with Crippen molar-refractivity contribution >= 4 is 54.9 Å². The Labute approximate surface area is 181 Å². The number of hydrogen-bond donors (Lipinski definition) is 2. The molecule has 0 atom stereocenters. The van der Waals surface area contributed by atoms with Crippen molar-refractivity contribution in [3.63, 3.8) is 0 Å². The summed E-state index contributed by atoms with van der Waals surface area (Å²) in [5.41, 5.74) is 1.71. The van der Waals surface area contributed by atoms with E-state index < -0.39 is 0 Å². The number of thiazole rings is 2. The summed E-state index contributed by atoms with van der Waals surface area (Å²) in [6, 6.07) is 15.8. The normalized spacial score (nSPS) is 19.1.